The molecule has 3 aromatic carbocycles. The minimum Gasteiger partial charge on any atom is -0.481 e. The Morgan fingerprint density at radius 2 is 1.62 bits per heavy atom. The third kappa shape index (κ3) is 5.15. The van der Waals surface area contributed by atoms with Gasteiger partial charge in [-0.3, -0.25) is 9.59 Å². The smallest absolute Gasteiger partial charge is 0.407 e. The maximum Gasteiger partial charge on any atom is 0.407 e. The van der Waals surface area contributed by atoms with Crippen molar-refractivity contribution in [2.45, 2.75) is 50.9 Å². The van der Waals surface area contributed by atoms with Crippen molar-refractivity contribution in [1.29, 1.82) is 0 Å². The Hall–Kier alpha value is -4.17. The molecule has 4 atom stereocenters. The predicted molar refractivity (Wildman–Crippen MR) is 157 cm³/mol. The van der Waals surface area contributed by atoms with Crippen LogP contribution in [0.25, 0.3) is 11.1 Å². The number of carbonyl (C=O) groups is 3. The molecule has 2 fully saturated rings. The molecule has 6 rings (SSSR count). The van der Waals surface area contributed by atoms with Gasteiger partial charge in [-0.25, -0.2) is 4.79 Å². The number of carboxylic acid groups (broad SMARTS) is 1. The molecule has 8 nitrogen and oxygen atoms in total. The molecule has 1 heterocycles. The van der Waals surface area contributed by atoms with Crippen molar-refractivity contribution < 1.29 is 29.0 Å². The van der Waals surface area contributed by atoms with Crippen molar-refractivity contribution >= 4 is 18.0 Å². The first-order chi connectivity index (χ1) is 20.4. The van der Waals surface area contributed by atoms with Gasteiger partial charge in [0.15, 0.2) is 0 Å². The van der Waals surface area contributed by atoms with Crippen molar-refractivity contribution in [3.63, 3.8) is 0 Å². The zero-order valence-electron chi connectivity index (χ0n) is 23.7. The van der Waals surface area contributed by atoms with E-state index >= 15 is 0 Å². The largest absolute Gasteiger partial charge is 0.481 e. The molecule has 42 heavy (non-hydrogen) atoms. The SMILES string of the molecule is CC(OCc1ccccc1)C(NC(=O)OCC1c2ccccc2-c2ccccc21)C(=O)N1C[C@H]2CCC[C@@]2(C(=O)O)C1. The Kier molecular flexibility index (Phi) is 7.73. The summed E-state index contributed by atoms with van der Waals surface area (Å²) in [5, 5.41) is 12.8. The van der Waals surface area contributed by atoms with Gasteiger partial charge in [-0.05, 0) is 53.5 Å². The minimum atomic E-state index is -1.03. The van der Waals surface area contributed by atoms with Crippen LogP contribution in [0.5, 0.6) is 0 Å². The molecule has 3 aliphatic rings. The molecule has 2 N–H and O–H groups in total. The molecule has 1 saturated carbocycles. The molecule has 3 aromatic rings. The number of nitrogens with one attached hydrogen (secondary N) is 1. The average Bonchev–Trinajstić information content (AvgIpc) is 3.68. The van der Waals surface area contributed by atoms with Crippen LogP contribution in [-0.4, -0.2) is 59.8 Å². The van der Waals surface area contributed by atoms with Gasteiger partial charge >= 0.3 is 12.1 Å². The molecule has 1 saturated heterocycles. The van der Waals surface area contributed by atoms with Crippen molar-refractivity contribution in [3.05, 3.63) is 95.6 Å². The molecule has 2 amide bonds. The van der Waals surface area contributed by atoms with Gasteiger partial charge in [-0.15, -0.1) is 0 Å². The van der Waals surface area contributed by atoms with Crippen LogP contribution < -0.4 is 5.32 Å². The summed E-state index contributed by atoms with van der Waals surface area (Å²) in [5.41, 5.74) is 4.48. The van der Waals surface area contributed by atoms with Crippen molar-refractivity contribution in [3.8, 4) is 11.1 Å². The molecule has 0 spiro atoms. The van der Waals surface area contributed by atoms with Crippen LogP contribution in [0.2, 0.25) is 0 Å². The number of likely N-dealkylation sites (tertiary alicyclic amines) is 1. The third-order valence-corrected chi connectivity index (χ3v) is 9.32. The van der Waals surface area contributed by atoms with Crippen molar-refractivity contribution in [2.75, 3.05) is 19.7 Å². The van der Waals surface area contributed by atoms with E-state index in [-0.39, 0.29) is 37.5 Å². The Morgan fingerprint density at radius 3 is 2.26 bits per heavy atom. The van der Waals surface area contributed by atoms with Gasteiger partial charge in [0.05, 0.1) is 18.1 Å². The maximum atomic E-state index is 13.9. The highest BCUT2D eigenvalue weighted by Crippen LogP contribution is 2.49. The number of nitrogens with zero attached hydrogens (tertiary/aromatic N) is 1. The summed E-state index contributed by atoms with van der Waals surface area (Å²) < 4.78 is 11.8. The molecule has 0 aromatic heterocycles. The summed E-state index contributed by atoms with van der Waals surface area (Å²) in [6.45, 7) is 2.63. The van der Waals surface area contributed by atoms with E-state index in [1.807, 2.05) is 54.6 Å². The zero-order valence-corrected chi connectivity index (χ0v) is 23.7. The number of carboxylic acids is 1. The summed E-state index contributed by atoms with van der Waals surface area (Å²) in [7, 11) is 0. The topological polar surface area (TPSA) is 105 Å². The van der Waals surface area contributed by atoms with Crippen molar-refractivity contribution in [1.82, 2.24) is 10.2 Å². The normalized spacial score (nSPS) is 22.1. The molecule has 2 unspecified atom stereocenters. The second kappa shape index (κ2) is 11.6. The predicted octanol–water partition coefficient (Wildman–Crippen LogP) is 5.21. The summed E-state index contributed by atoms with van der Waals surface area (Å²) in [6.07, 6.45) is 0.788. The lowest BCUT2D eigenvalue weighted by Crippen LogP contribution is -2.54. The Labute approximate surface area is 245 Å². The van der Waals surface area contributed by atoms with E-state index < -0.39 is 29.6 Å². The molecule has 0 bridgehead atoms. The van der Waals surface area contributed by atoms with E-state index in [4.69, 9.17) is 9.47 Å². The van der Waals surface area contributed by atoms with Crippen LogP contribution in [-0.2, 0) is 25.7 Å². The Balaban J connectivity index is 1.17. The van der Waals surface area contributed by atoms with Crippen LogP contribution in [0.4, 0.5) is 4.79 Å². The third-order valence-electron chi connectivity index (χ3n) is 9.32. The fourth-order valence-corrected chi connectivity index (χ4v) is 7.05. The monoisotopic (exact) mass is 568 g/mol. The van der Waals surface area contributed by atoms with Gasteiger partial charge < -0.3 is 24.8 Å². The van der Waals surface area contributed by atoms with Crippen molar-refractivity contribution in [2.24, 2.45) is 11.3 Å². The highest BCUT2D eigenvalue weighted by Gasteiger charge is 2.56. The first-order valence-corrected chi connectivity index (χ1v) is 14.7. The number of alkyl carbamates (subject to hydrolysis) is 1. The number of ether oxygens (including phenoxy) is 2. The summed E-state index contributed by atoms with van der Waals surface area (Å²) in [6, 6.07) is 24.8. The van der Waals surface area contributed by atoms with Crippen LogP contribution >= 0.6 is 0 Å². The van der Waals surface area contributed by atoms with Crippen LogP contribution in [0.15, 0.2) is 78.9 Å². The van der Waals surface area contributed by atoms with E-state index in [9.17, 15) is 19.5 Å². The first kappa shape index (κ1) is 28.0. The number of rotatable bonds is 9. The minimum absolute atomic E-state index is 0.0883. The van der Waals surface area contributed by atoms with Gasteiger partial charge in [0, 0.05) is 19.0 Å². The number of hydrogen-bond acceptors (Lipinski definition) is 5. The molecular formula is C34H36N2O6. The number of fused-ring (bicyclic) bond motifs is 4. The molecular weight excluding hydrogens is 532 g/mol. The van der Waals surface area contributed by atoms with E-state index in [1.165, 1.54) is 0 Å². The highest BCUT2D eigenvalue weighted by atomic mass is 16.5. The Morgan fingerprint density at radius 1 is 0.976 bits per heavy atom. The van der Waals surface area contributed by atoms with Crippen LogP contribution in [0.3, 0.4) is 0 Å². The molecule has 0 radical (unpaired) electrons. The van der Waals surface area contributed by atoms with E-state index in [1.54, 1.807) is 11.8 Å². The van der Waals surface area contributed by atoms with Gasteiger partial charge in [0.25, 0.3) is 0 Å². The van der Waals surface area contributed by atoms with Gasteiger partial charge in [0.1, 0.15) is 12.6 Å². The van der Waals surface area contributed by atoms with Crippen LogP contribution in [0, 0.1) is 11.3 Å². The Bertz CT molecular complexity index is 1430. The number of carbonyl (C=O) groups excluding carboxylic acids is 2. The highest BCUT2D eigenvalue weighted by molar-refractivity contribution is 5.88. The fourth-order valence-electron chi connectivity index (χ4n) is 7.05. The number of benzene rings is 3. The summed E-state index contributed by atoms with van der Waals surface area (Å²) in [5.74, 6) is -1.40. The molecule has 8 heteroatoms. The second-order valence-electron chi connectivity index (χ2n) is 11.7. The van der Waals surface area contributed by atoms with Gasteiger partial charge in [0.2, 0.25) is 5.91 Å². The van der Waals surface area contributed by atoms with E-state index in [2.05, 4.69) is 29.6 Å². The van der Waals surface area contributed by atoms with Gasteiger partial charge in [-0.1, -0.05) is 85.3 Å². The summed E-state index contributed by atoms with van der Waals surface area (Å²) >= 11 is 0. The lowest BCUT2D eigenvalue weighted by molar-refractivity contribution is -0.149. The maximum absolute atomic E-state index is 13.9. The number of hydrogen-bond donors (Lipinski definition) is 2. The first-order valence-electron chi connectivity index (χ1n) is 14.7. The second-order valence-corrected chi connectivity index (χ2v) is 11.7. The number of aliphatic carboxylic acids is 1. The fraction of sp³-hybridized carbons (Fsp3) is 0.382. The molecule has 218 valence electrons. The standard InChI is InChI=1S/C34H36N2O6/c1-22(41-19-23-10-3-2-4-11-23)30(31(37)36-18-24-12-9-17-34(24,21-36)32(38)39)35-33(40)42-20-29-27-15-7-5-13-25(27)26-14-6-8-16-28(26)29/h2-8,10-11,13-16,22,24,29-30H,9,12,17-21H2,1H3,(H,35,40)(H,38,39)/t22?,24-,30?,34-/m1/s1. The average molecular weight is 569 g/mol. The molecule has 1 aliphatic heterocycles. The number of amides is 2. The van der Waals surface area contributed by atoms with Gasteiger partial charge in [-0.2, -0.15) is 0 Å². The van der Waals surface area contributed by atoms with Crippen LogP contribution in [0.1, 0.15) is 48.8 Å². The lowest BCUT2D eigenvalue weighted by atomic mass is 9.81. The lowest BCUT2D eigenvalue weighted by Gasteiger charge is -2.30. The van der Waals surface area contributed by atoms with E-state index in [0.717, 1.165) is 40.7 Å². The quantitative estimate of drug-likeness (QED) is 0.367. The van der Waals surface area contributed by atoms with E-state index in [0.29, 0.717) is 13.0 Å². The zero-order chi connectivity index (χ0) is 29.3. The summed E-state index contributed by atoms with van der Waals surface area (Å²) in [4.78, 5) is 41.0. The molecule has 2 aliphatic carbocycles.